The first-order valence-corrected chi connectivity index (χ1v) is 4.66. The molecule has 0 radical (unpaired) electrons. The molecule has 1 aliphatic rings. The minimum absolute atomic E-state index is 0. The molecule has 1 aromatic rings. The number of hydrogen-bond donors (Lipinski definition) is 1. The minimum Gasteiger partial charge on any atom is -0.321 e. The number of nitrogens with two attached hydrogens (primary N) is 1. The Morgan fingerprint density at radius 2 is 1.54 bits per heavy atom. The molecule has 0 bridgehead atoms. The third-order valence-electron chi connectivity index (χ3n) is 2.84. The molecule has 0 amide bonds. The minimum atomic E-state index is -0.0126. The molecule has 0 atom stereocenters. The van der Waals surface area contributed by atoms with E-state index >= 15 is 0 Å². The molecule has 0 heterocycles. The van der Waals surface area contributed by atoms with Crippen molar-refractivity contribution in [3.05, 3.63) is 35.9 Å². The summed E-state index contributed by atoms with van der Waals surface area (Å²) in [6, 6.07) is 10.5. The van der Waals surface area contributed by atoms with Crippen molar-refractivity contribution in [2.45, 2.75) is 31.2 Å². The van der Waals surface area contributed by atoms with E-state index in [0.717, 1.165) is 12.8 Å². The highest BCUT2D eigenvalue weighted by Gasteiger charge is 2.30. The van der Waals surface area contributed by atoms with Gasteiger partial charge in [0, 0.05) is 5.54 Å². The molecule has 1 fully saturated rings. The van der Waals surface area contributed by atoms with Gasteiger partial charge in [-0.15, -0.1) is 12.4 Å². The monoisotopic (exact) mass is 197 g/mol. The average Bonchev–Trinajstić information content (AvgIpc) is 2.55. The van der Waals surface area contributed by atoms with Crippen LogP contribution in [0.1, 0.15) is 31.2 Å². The predicted molar refractivity (Wildman–Crippen MR) is 58.0 cm³/mol. The lowest BCUT2D eigenvalue weighted by molar-refractivity contribution is 0.462. The molecule has 2 rings (SSSR count). The van der Waals surface area contributed by atoms with Crippen LogP contribution in [0.4, 0.5) is 0 Å². The van der Waals surface area contributed by atoms with Crippen LogP contribution in [-0.4, -0.2) is 0 Å². The van der Waals surface area contributed by atoms with Gasteiger partial charge in [-0.05, 0) is 18.4 Å². The molecule has 1 aliphatic carbocycles. The SMILES string of the molecule is Cl.NC1(c2ccccc2)CCCC1. The maximum atomic E-state index is 6.28. The first-order chi connectivity index (χ1) is 5.81. The van der Waals surface area contributed by atoms with Crippen LogP contribution in [0.25, 0.3) is 0 Å². The molecule has 1 aromatic carbocycles. The van der Waals surface area contributed by atoms with Crippen LogP contribution in [0.5, 0.6) is 0 Å². The summed E-state index contributed by atoms with van der Waals surface area (Å²) in [5, 5.41) is 0. The summed E-state index contributed by atoms with van der Waals surface area (Å²) >= 11 is 0. The van der Waals surface area contributed by atoms with Gasteiger partial charge in [0.2, 0.25) is 0 Å². The zero-order valence-electron chi connectivity index (χ0n) is 7.70. The number of halogens is 1. The van der Waals surface area contributed by atoms with E-state index in [1.807, 2.05) is 6.07 Å². The van der Waals surface area contributed by atoms with E-state index < -0.39 is 0 Å². The van der Waals surface area contributed by atoms with Crippen LogP contribution in [0, 0.1) is 0 Å². The van der Waals surface area contributed by atoms with Crippen LogP contribution in [0.2, 0.25) is 0 Å². The second-order valence-corrected chi connectivity index (χ2v) is 3.73. The van der Waals surface area contributed by atoms with E-state index in [9.17, 15) is 0 Å². The highest BCUT2D eigenvalue weighted by Crippen LogP contribution is 2.35. The van der Waals surface area contributed by atoms with Crippen LogP contribution in [0.3, 0.4) is 0 Å². The molecule has 1 saturated carbocycles. The fourth-order valence-corrected chi connectivity index (χ4v) is 2.06. The zero-order chi connectivity index (χ0) is 8.44. The van der Waals surface area contributed by atoms with E-state index in [-0.39, 0.29) is 17.9 Å². The molecular weight excluding hydrogens is 182 g/mol. The molecule has 2 N–H and O–H groups in total. The quantitative estimate of drug-likeness (QED) is 0.736. The van der Waals surface area contributed by atoms with Crippen LogP contribution >= 0.6 is 12.4 Å². The molecule has 72 valence electrons. The Morgan fingerprint density at radius 3 is 2.08 bits per heavy atom. The third kappa shape index (κ3) is 2.04. The van der Waals surface area contributed by atoms with Crippen molar-refractivity contribution >= 4 is 12.4 Å². The van der Waals surface area contributed by atoms with Gasteiger partial charge >= 0.3 is 0 Å². The van der Waals surface area contributed by atoms with Gasteiger partial charge in [0.1, 0.15) is 0 Å². The summed E-state index contributed by atoms with van der Waals surface area (Å²) < 4.78 is 0. The van der Waals surface area contributed by atoms with Crippen LogP contribution < -0.4 is 5.73 Å². The average molecular weight is 198 g/mol. The first kappa shape index (κ1) is 10.6. The summed E-state index contributed by atoms with van der Waals surface area (Å²) in [7, 11) is 0. The van der Waals surface area contributed by atoms with Crippen molar-refractivity contribution in [2.24, 2.45) is 5.73 Å². The Hall–Kier alpha value is -0.530. The topological polar surface area (TPSA) is 26.0 Å². The highest BCUT2D eigenvalue weighted by molar-refractivity contribution is 5.85. The highest BCUT2D eigenvalue weighted by atomic mass is 35.5. The Morgan fingerprint density at radius 1 is 1.00 bits per heavy atom. The predicted octanol–water partition coefficient (Wildman–Crippen LogP) is 2.84. The summed E-state index contributed by atoms with van der Waals surface area (Å²) in [6.45, 7) is 0. The molecule has 0 aromatic heterocycles. The van der Waals surface area contributed by atoms with Crippen molar-refractivity contribution in [1.29, 1.82) is 0 Å². The number of rotatable bonds is 1. The van der Waals surface area contributed by atoms with Crippen molar-refractivity contribution in [3.8, 4) is 0 Å². The Kier molecular flexibility index (Phi) is 3.34. The summed E-state index contributed by atoms with van der Waals surface area (Å²) in [4.78, 5) is 0. The Labute approximate surface area is 85.7 Å². The first-order valence-electron chi connectivity index (χ1n) is 4.66. The summed E-state index contributed by atoms with van der Waals surface area (Å²) in [5.41, 5.74) is 7.58. The second kappa shape index (κ2) is 4.12. The van der Waals surface area contributed by atoms with E-state index in [1.54, 1.807) is 0 Å². The van der Waals surface area contributed by atoms with Crippen LogP contribution in [0.15, 0.2) is 30.3 Å². The standard InChI is InChI=1S/C11H15N.ClH/c12-11(8-4-5-9-11)10-6-2-1-3-7-10;/h1-3,6-7H,4-5,8-9,12H2;1H. The molecule has 2 heteroatoms. The van der Waals surface area contributed by atoms with Gasteiger partial charge in [-0.2, -0.15) is 0 Å². The largest absolute Gasteiger partial charge is 0.321 e. The molecule has 0 unspecified atom stereocenters. The van der Waals surface area contributed by atoms with Gasteiger partial charge in [-0.1, -0.05) is 43.2 Å². The maximum absolute atomic E-state index is 6.28. The van der Waals surface area contributed by atoms with Gasteiger partial charge in [0.05, 0.1) is 0 Å². The molecule has 0 spiro atoms. The lowest BCUT2D eigenvalue weighted by atomic mass is 9.90. The third-order valence-corrected chi connectivity index (χ3v) is 2.84. The Bertz CT molecular complexity index is 252. The van der Waals surface area contributed by atoms with Crippen molar-refractivity contribution in [3.63, 3.8) is 0 Å². The maximum Gasteiger partial charge on any atom is 0.0409 e. The number of hydrogen-bond acceptors (Lipinski definition) is 1. The molecule has 0 saturated heterocycles. The van der Waals surface area contributed by atoms with Gasteiger partial charge in [-0.25, -0.2) is 0 Å². The molecule has 1 nitrogen and oxygen atoms in total. The van der Waals surface area contributed by atoms with Crippen molar-refractivity contribution in [2.75, 3.05) is 0 Å². The molecular formula is C11H16ClN. The zero-order valence-corrected chi connectivity index (χ0v) is 8.52. The van der Waals surface area contributed by atoms with Crippen molar-refractivity contribution in [1.82, 2.24) is 0 Å². The smallest absolute Gasteiger partial charge is 0.0409 e. The van der Waals surface area contributed by atoms with Crippen molar-refractivity contribution < 1.29 is 0 Å². The van der Waals surface area contributed by atoms with E-state index in [4.69, 9.17) is 5.73 Å². The second-order valence-electron chi connectivity index (χ2n) is 3.73. The fraction of sp³-hybridized carbons (Fsp3) is 0.455. The van der Waals surface area contributed by atoms with Gasteiger partial charge in [-0.3, -0.25) is 0 Å². The Balaban J connectivity index is 0.000000845. The molecule has 0 aliphatic heterocycles. The summed E-state index contributed by atoms with van der Waals surface area (Å²) in [6.07, 6.45) is 4.87. The van der Waals surface area contributed by atoms with E-state index in [2.05, 4.69) is 24.3 Å². The molecule has 13 heavy (non-hydrogen) atoms. The van der Waals surface area contributed by atoms with E-state index in [0.29, 0.717) is 0 Å². The fourth-order valence-electron chi connectivity index (χ4n) is 2.06. The normalized spacial score (nSPS) is 19.5. The summed E-state index contributed by atoms with van der Waals surface area (Å²) in [5.74, 6) is 0. The number of benzene rings is 1. The van der Waals surface area contributed by atoms with Gasteiger partial charge in [0.25, 0.3) is 0 Å². The van der Waals surface area contributed by atoms with E-state index in [1.165, 1.54) is 18.4 Å². The van der Waals surface area contributed by atoms with Gasteiger partial charge < -0.3 is 5.73 Å². The van der Waals surface area contributed by atoms with Gasteiger partial charge in [0.15, 0.2) is 0 Å². The lowest BCUT2D eigenvalue weighted by Crippen LogP contribution is -2.32. The van der Waals surface area contributed by atoms with Crippen LogP contribution in [-0.2, 0) is 5.54 Å². The lowest BCUT2D eigenvalue weighted by Gasteiger charge is -2.23.